The van der Waals surface area contributed by atoms with E-state index >= 15 is 0 Å². The molecule has 0 saturated heterocycles. The van der Waals surface area contributed by atoms with Crippen molar-refractivity contribution in [3.63, 3.8) is 0 Å². The SMILES string of the molecule is Cc1ccc(Br)cc1[C@@H](N)C(=O)O.Cl. The second-order valence-electron chi connectivity index (χ2n) is 2.82. The summed E-state index contributed by atoms with van der Waals surface area (Å²) in [7, 11) is 0. The van der Waals surface area contributed by atoms with Gasteiger partial charge in [0.2, 0.25) is 0 Å². The number of aryl methyl sites for hydroxylation is 1. The third kappa shape index (κ3) is 2.97. The van der Waals surface area contributed by atoms with Crippen LogP contribution in [0.3, 0.4) is 0 Å². The zero-order valence-corrected chi connectivity index (χ0v) is 9.93. The van der Waals surface area contributed by atoms with Crippen LogP contribution in [-0.4, -0.2) is 11.1 Å². The summed E-state index contributed by atoms with van der Waals surface area (Å²) in [6.45, 7) is 1.84. The second kappa shape index (κ2) is 5.34. The molecule has 14 heavy (non-hydrogen) atoms. The predicted octanol–water partition coefficient (Wildman–Crippen LogP) is 2.26. The minimum absolute atomic E-state index is 0. The van der Waals surface area contributed by atoms with Gasteiger partial charge in [-0.05, 0) is 30.2 Å². The van der Waals surface area contributed by atoms with Crippen molar-refractivity contribution in [2.75, 3.05) is 0 Å². The fourth-order valence-electron chi connectivity index (χ4n) is 1.08. The predicted molar refractivity (Wildman–Crippen MR) is 60.7 cm³/mol. The van der Waals surface area contributed by atoms with Crippen LogP contribution in [0.4, 0.5) is 0 Å². The molecule has 1 atom stereocenters. The van der Waals surface area contributed by atoms with Gasteiger partial charge in [-0.3, -0.25) is 4.79 Å². The van der Waals surface area contributed by atoms with E-state index in [0.717, 1.165) is 10.0 Å². The molecule has 3 nitrogen and oxygen atoms in total. The van der Waals surface area contributed by atoms with Crippen LogP contribution in [0.5, 0.6) is 0 Å². The van der Waals surface area contributed by atoms with E-state index in [1.807, 2.05) is 19.1 Å². The Morgan fingerprint density at radius 1 is 1.57 bits per heavy atom. The summed E-state index contributed by atoms with van der Waals surface area (Å²) >= 11 is 3.27. The van der Waals surface area contributed by atoms with E-state index in [-0.39, 0.29) is 12.4 Å². The van der Waals surface area contributed by atoms with Gasteiger partial charge in [-0.15, -0.1) is 12.4 Å². The van der Waals surface area contributed by atoms with Crippen LogP contribution in [-0.2, 0) is 4.79 Å². The Morgan fingerprint density at radius 2 is 2.14 bits per heavy atom. The number of carbonyl (C=O) groups is 1. The first kappa shape index (κ1) is 13.4. The van der Waals surface area contributed by atoms with E-state index in [2.05, 4.69) is 15.9 Å². The Morgan fingerprint density at radius 3 is 2.64 bits per heavy atom. The quantitative estimate of drug-likeness (QED) is 0.873. The molecule has 1 rings (SSSR count). The number of halogens is 2. The maximum atomic E-state index is 10.6. The van der Waals surface area contributed by atoms with Crippen LogP contribution in [0.2, 0.25) is 0 Å². The highest BCUT2D eigenvalue weighted by molar-refractivity contribution is 9.10. The van der Waals surface area contributed by atoms with Gasteiger partial charge in [-0.1, -0.05) is 22.0 Å². The van der Waals surface area contributed by atoms with Crippen molar-refractivity contribution in [2.45, 2.75) is 13.0 Å². The first-order valence-electron chi connectivity index (χ1n) is 3.77. The number of nitrogens with two attached hydrogens (primary N) is 1. The summed E-state index contributed by atoms with van der Waals surface area (Å²) in [4.78, 5) is 10.6. The summed E-state index contributed by atoms with van der Waals surface area (Å²) in [6.07, 6.45) is 0. The first-order chi connectivity index (χ1) is 6.02. The normalized spacial score (nSPS) is 11.6. The highest BCUT2D eigenvalue weighted by Gasteiger charge is 2.16. The van der Waals surface area contributed by atoms with E-state index in [9.17, 15) is 4.79 Å². The molecule has 1 aromatic carbocycles. The molecular formula is C9H11BrClNO2. The van der Waals surface area contributed by atoms with Crippen molar-refractivity contribution in [3.8, 4) is 0 Å². The number of hydrogen-bond donors (Lipinski definition) is 2. The molecule has 0 aliphatic rings. The van der Waals surface area contributed by atoms with E-state index in [1.165, 1.54) is 0 Å². The number of carboxylic acid groups (broad SMARTS) is 1. The lowest BCUT2D eigenvalue weighted by atomic mass is 10.0. The van der Waals surface area contributed by atoms with E-state index in [1.54, 1.807) is 6.07 Å². The Labute approximate surface area is 96.8 Å². The van der Waals surface area contributed by atoms with Crippen LogP contribution in [0, 0.1) is 6.92 Å². The molecule has 0 unspecified atom stereocenters. The summed E-state index contributed by atoms with van der Waals surface area (Å²) < 4.78 is 0.838. The fourth-order valence-corrected chi connectivity index (χ4v) is 1.46. The molecule has 0 spiro atoms. The Bertz CT molecular complexity index is 344. The Balaban J connectivity index is 0.00000169. The van der Waals surface area contributed by atoms with E-state index in [4.69, 9.17) is 10.8 Å². The standard InChI is InChI=1S/C9H10BrNO2.ClH/c1-5-2-3-6(10)4-7(5)8(11)9(12)13;/h2-4,8H,11H2,1H3,(H,12,13);1H/t8-;/m1./s1. The lowest BCUT2D eigenvalue weighted by molar-refractivity contribution is -0.138. The molecule has 0 saturated carbocycles. The largest absolute Gasteiger partial charge is 0.480 e. The molecule has 0 fully saturated rings. The van der Waals surface area contributed by atoms with Gasteiger partial charge in [-0.2, -0.15) is 0 Å². The van der Waals surface area contributed by atoms with Gasteiger partial charge in [0.15, 0.2) is 0 Å². The summed E-state index contributed by atoms with van der Waals surface area (Å²) in [6, 6.07) is 4.47. The second-order valence-corrected chi connectivity index (χ2v) is 3.73. The molecule has 0 amide bonds. The molecule has 5 heteroatoms. The smallest absolute Gasteiger partial charge is 0.325 e. The molecule has 0 radical (unpaired) electrons. The monoisotopic (exact) mass is 279 g/mol. The van der Waals surface area contributed by atoms with E-state index in [0.29, 0.717) is 5.56 Å². The number of rotatable bonds is 2. The number of hydrogen-bond acceptors (Lipinski definition) is 2. The maximum absolute atomic E-state index is 10.6. The zero-order valence-electron chi connectivity index (χ0n) is 7.53. The fraction of sp³-hybridized carbons (Fsp3) is 0.222. The van der Waals surface area contributed by atoms with Crippen molar-refractivity contribution in [2.24, 2.45) is 5.73 Å². The summed E-state index contributed by atoms with van der Waals surface area (Å²) in [5, 5.41) is 8.71. The van der Waals surface area contributed by atoms with Crippen molar-refractivity contribution in [1.82, 2.24) is 0 Å². The van der Waals surface area contributed by atoms with Crippen LogP contribution < -0.4 is 5.73 Å². The lowest BCUT2D eigenvalue weighted by Gasteiger charge is -2.10. The average molecular weight is 281 g/mol. The lowest BCUT2D eigenvalue weighted by Crippen LogP contribution is -2.21. The molecule has 0 aliphatic heterocycles. The van der Waals surface area contributed by atoms with Crippen molar-refractivity contribution >= 4 is 34.3 Å². The molecule has 78 valence electrons. The van der Waals surface area contributed by atoms with Crippen LogP contribution in [0.25, 0.3) is 0 Å². The van der Waals surface area contributed by atoms with Gasteiger partial charge in [0.1, 0.15) is 6.04 Å². The van der Waals surface area contributed by atoms with Crippen LogP contribution >= 0.6 is 28.3 Å². The van der Waals surface area contributed by atoms with Gasteiger partial charge >= 0.3 is 5.97 Å². The molecule has 1 aromatic rings. The van der Waals surface area contributed by atoms with Gasteiger partial charge in [0, 0.05) is 4.47 Å². The minimum Gasteiger partial charge on any atom is -0.480 e. The van der Waals surface area contributed by atoms with E-state index < -0.39 is 12.0 Å². The third-order valence-corrected chi connectivity index (χ3v) is 2.34. The van der Waals surface area contributed by atoms with Crippen molar-refractivity contribution in [3.05, 3.63) is 33.8 Å². The number of carboxylic acids is 1. The van der Waals surface area contributed by atoms with Crippen LogP contribution in [0.1, 0.15) is 17.2 Å². The van der Waals surface area contributed by atoms with Crippen LogP contribution in [0.15, 0.2) is 22.7 Å². The molecule has 0 aliphatic carbocycles. The molecule has 3 N–H and O–H groups in total. The van der Waals surface area contributed by atoms with Crippen molar-refractivity contribution in [1.29, 1.82) is 0 Å². The number of benzene rings is 1. The topological polar surface area (TPSA) is 63.3 Å². The highest BCUT2D eigenvalue weighted by Crippen LogP contribution is 2.20. The third-order valence-electron chi connectivity index (χ3n) is 1.84. The Hall–Kier alpha value is -0.580. The minimum atomic E-state index is -1.01. The van der Waals surface area contributed by atoms with Gasteiger partial charge in [-0.25, -0.2) is 0 Å². The molecule has 0 heterocycles. The zero-order chi connectivity index (χ0) is 10.0. The van der Waals surface area contributed by atoms with Crippen molar-refractivity contribution < 1.29 is 9.90 Å². The summed E-state index contributed by atoms with van der Waals surface area (Å²) in [5.41, 5.74) is 7.01. The average Bonchev–Trinajstić information content (AvgIpc) is 2.08. The number of aliphatic carboxylic acids is 1. The molecule has 0 bridgehead atoms. The Kier molecular flexibility index (Phi) is 5.12. The van der Waals surface area contributed by atoms with Gasteiger partial charge in [0.25, 0.3) is 0 Å². The molecular weight excluding hydrogens is 269 g/mol. The maximum Gasteiger partial charge on any atom is 0.325 e. The first-order valence-corrected chi connectivity index (χ1v) is 4.56. The highest BCUT2D eigenvalue weighted by atomic mass is 79.9. The van der Waals surface area contributed by atoms with Gasteiger partial charge < -0.3 is 10.8 Å². The molecule has 0 aromatic heterocycles. The summed E-state index contributed by atoms with van der Waals surface area (Å²) in [5.74, 6) is -1.01. The van der Waals surface area contributed by atoms with Gasteiger partial charge in [0.05, 0.1) is 0 Å².